The number of aliphatic carboxylic acids is 1. The van der Waals surface area contributed by atoms with Crippen LogP contribution in [0.2, 0.25) is 0 Å². The smallest absolute Gasteiger partial charge is 0.408 e. The molecule has 5 aromatic rings. The highest BCUT2D eigenvalue weighted by molar-refractivity contribution is 5.90. The number of nitrogens with zero attached hydrogens (tertiary/aromatic N) is 6. The number of ether oxygens (including phenoxy) is 1. The molecule has 0 saturated carbocycles. The zero-order valence-electron chi connectivity index (χ0n) is 34.0. The minimum Gasteiger partial charge on any atom is -0.507 e. The number of phenols is 1. The number of hydrogen-bond acceptors (Lipinski definition) is 12. The number of carbonyl (C=O) groups excluding carboxylic acids is 3. The number of rotatable bonds is 20. The second kappa shape index (κ2) is 21.8. The summed E-state index contributed by atoms with van der Waals surface area (Å²) in [4.78, 5) is 72.5. The average Bonchev–Trinajstić information content (AvgIpc) is 3.21. The molecule has 16 nitrogen and oxygen atoms in total. The van der Waals surface area contributed by atoms with Crippen molar-refractivity contribution in [2.75, 3.05) is 13.1 Å². The molecule has 0 unspecified atom stereocenters. The number of amides is 3. The standard InChI is InChI=1S/C44H51N9O7/c1-44(2,3)60-43(59)51-38(42(58)50-23-39(54)49-24-40(55)56)22-31-20-32(25-52(27-34-12-4-8-16-45-34)28-35-13-5-9-17-46-35)41(57)33(21-31)26-53(29-36-14-6-10-18-47-36)30-37-15-7-11-19-48-37/h4-21,38,57H,22-30H2,1-3H3,(H,49,54)(H,50,58)(H,51,59)(H,55,56)/t38-/m0/s1. The second-order valence-electron chi connectivity index (χ2n) is 15.1. The maximum atomic E-state index is 13.7. The molecule has 1 atom stereocenters. The van der Waals surface area contributed by atoms with E-state index in [1.807, 2.05) is 72.8 Å². The third kappa shape index (κ3) is 15.2. The molecule has 1 aromatic carbocycles. The second-order valence-corrected chi connectivity index (χ2v) is 15.1. The van der Waals surface area contributed by atoms with E-state index in [9.17, 15) is 24.3 Å². The third-order valence-electron chi connectivity index (χ3n) is 8.87. The van der Waals surface area contributed by atoms with Crippen LogP contribution in [0.3, 0.4) is 0 Å². The molecular weight excluding hydrogens is 767 g/mol. The molecule has 60 heavy (non-hydrogen) atoms. The molecule has 314 valence electrons. The zero-order valence-corrected chi connectivity index (χ0v) is 34.0. The van der Waals surface area contributed by atoms with Crippen LogP contribution >= 0.6 is 0 Å². The largest absolute Gasteiger partial charge is 0.507 e. The molecule has 5 rings (SSSR count). The summed E-state index contributed by atoms with van der Waals surface area (Å²) >= 11 is 0. The van der Waals surface area contributed by atoms with Gasteiger partial charge in [0, 0.05) is 81.6 Å². The van der Waals surface area contributed by atoms with Crippen molar-refractivity contribution in [1.29, 1.82) is 0 Å². The van der Waals surface area contributed by atoms with E-state index in [0.717, 1.165) is 22.8 Å². The van der Waals surface area contributed by atoms with E-state index >= 15 is 0 Å². The Kier molecular flexibility index (Phi) is 16.1. The summed E-state index contributed by atoms with van der Waals surface area (Å²) in [5.74, 6) is -2.62. The molecule has 0 radical (unpaired) electrons. The van der Waals surface area contributed by atoms with E-state index in [1.165, 1.54) is 0 Å². The number of carboxylic acid groups (broad SMARTS) is 1. The van der Waals surface area contributed by atoms with E-state index in [1.54, 1.807) is 57.7 Å². The molecule has 0 bridgehead atoms. The van der Waals surface area contributed by atoms with E-state index < -0.39 is 48.6 Å². The topological polar surface area (TPSA) is 212 Å². The first-order valence-electron chi connectivity index (χ1n) is 19.4. The first kappa shape index (κ1) is 44.3. The highest BCUT2D eigenvalue weighted by Crippen LogP contribution is 2.30. The van der Waals surface area contributed by atoms with Gasteiger partial charge in [0.2, 0.25) is 11.8 Å². The van der Waals surface area contributed by atoms with Gasteiger partial charge in [-0.2, -0.15) is 0 Å². The summed E-state index contributed by atoms with van der Waals surface area (Å²) in [5, 5.41) is 28.5. The lowest BCUT2D eigenvalue weighted by Crippen LogP contribution is -2.51. The molecule has 4 aromatic heterocycles. The van der Waals surface area contributed by atoms with Gasteiger partial charge in [-0.3, -0.25) is 44.1 Å². The van der Waals surface area contributed by atoms with E-state index in [2.05, 4.69) is 45.7 Å². The predicted molar refractivity (Wildman–Crippen MR) is 221 cm³/mol. The fourth-order valence-corrected chi connectivity index (χ4v) is 6.31. The number of aromatic hydroxyl groups is 1. The summed E-state index contributed by atoms with van der Waals surface area (Å²) in [5.41, 5.74) is 4.06. The molecule has 4 heterocycles. The van der Waals surface area contributed by atoms with Crippen LogP contribution in [0, 0.1) is 0 Å². The predicted octanol–water partition coefficient (Wildman–Crippen LogP) is 4.13. The van der Waals surface area contributed by atoms with Gasteiger partial charge in [-0.25, -0.2) is 4.79 Å². The normalized spacial score (nSPS) is 11.8. The van der Waals surface area contributed by atoms with Gasteiger partial charge in [0.05, 0.1) is 29.3 Å². The Labute approximate surface area is 349 Å². The molecule has 16 heteroatoms. The minimum atomic E-state index is -1.24. The molecule has 0 spiro atoms. The third-order valence-corrected chi connectivity index (χ3v) is 8.87. The van der Waals surface area contributed by atoms with Gasteiger partial charge in [-0.1, -0.05) is 36.4 Å². The molecular formula is C44H51N9O7. The molecule has 0 aliphatic rings. The lowest BCUT2D eigenvalue weighted by molar-refractivity contribution is -0.137. The Hall–Kier alpha value is -6.78. The highest BCUT2D eigenvalue weighted by atomic mass is 16.6. The van der Waals surface area contributed by atoms with E-state index in [0.29, 0.717) is 42.9 Å². The molecule has 0 saturated heterocycles. The van der Waals surface area contributed by atoms with Crippen molar-refractivity contribution in [2.45, 2.75) is 78.1 Å². The fourth-order valence-electron chi connectivity index (χ4n) is 6.31. The van der Waals surface area contributed by atoms with Crippen LogP contribution in [0.1, 0.15) is 60.2 Å². The Morgan fingerprint density at radius 2 is 1.08 bits per heavy atom. The van der Waals surface area contributed by atoms with Crippen LogP contribution in [-0.2, 0) is 64.8 Å². The Morgan fingerprint density at radius 3 is 1.45 bits per heavy atom. The van der Waals surface area contributed by atoms with Gasteiger partial charge in [0.25, 0.3) is 0 Å². The molecule has 0 fully saturated rings. The Bertz CT molecular complexity index is 1960. The van der Waals surface area contributed by atoms with E-state index in [-0.39, 0.29) is 25.3 Å². The van der Waals surface area contributed by atoms with Crippen LogP contribution < -0.4 is 16.0 Å². The molecule has 5 N–H and O–H groups in total. The molecule has 3 amide bonds. The Balaban J connectivity index is 1.54. The number of benzene rings is 1. The van der Waals surface area contributed by atoms with Crippen molar-refractivity contribution in [3.63, 3.8) is 0 Å². The number of carboxylic acids is 1. The maximum absolute atomic E-state index is 13.7. The van der Waals surface area contributed by atoms with Crippen molar-refractivity contribution in [3.05, 3.63) is 149 Å². The summed E-state index contributed by atoms with van der Waals surface area (Å²) in [6, 6.07) is 25.1. The summed E-state index contributed by atoms with van der Waals surface area (Å²) in [6.07, 6.45) is 5.97. The first-order valence-corrected chi connectivity index (χ1v) is 19.4. The van der Waals surface area contributed by atoms with E-state index in [4.69, 9.17) is 9.84 Å². The van der Waals surface area contributed by atoms with Gasteiger partial charge in [0.15, 0.2) is 0 Å². The van der Waals surface area contributed by atoms with Crippen LogP contribution in [-0.4, -0.2) is 88.6 Å². The van der Waals surface area contributed by atoms with Gasteiger partial charge in [0.1, 0.15) is 23.9 Å². The number of alkyl carbamates (subject to hydrolysis) is 1. The lowest BCUT2D eigenvalue weighted by Gasteiger charge is -2.27. The maximum Gasteiger partial charge on any atom is 0.408 e. The SMILES string of the molecule is CC(C)(C)OC(=O)N[C@@H](Cc1cc(CN(Cc2ccccn2)Cc2ccccn2)c(O)c(CN(Cc2ccccn2)Cc2ccccn2)c1)C(=O)NCC(=O)NCC(=O)O. The van der Waals surface area contributed by atoms with Crippen molar-refractivity contribution in [3.8, 4) is 5.75 Å². The lowest BCUT2D eigenvalue weighted by atomic mass is 9.97. The molecule has 0 aliphatic carbocycles. The minimum absolute atomic E-state index is 0.0500. The zero-order chi connectivity index (χ0) is 42.9. The average molecular weight is 818 g/mol. The van der Waals surface area contributed by atoms with Gasteiger partial charge in [-0.15, -0.1) is 0 Å². The summed E-state index contributed by atoms with van der Waals surface area (Å²) in [7, 11) is 0. The summed E-state index contributed by atoms with van der Waals surface area (Å²) in [6.45, 7) is 6.13. The van der Waals surface area contributed by atoms with Gasteiger partial charge >= 0.3 is 12.1 Å². The number of carbonyl (C=O) groups is 4. The number of nitrogens with one attached hydrogen (secondary N) is 3. The van der Waals surface area contributed by atoms with Crippen LogP contribution in [0.25, 0.3) is 0 Å². The van der Waals surface area contributed by atoms with Crippen LogP contribution in [0.4, 0.5) is 4.79 Å². The van der Waals surface area contributed by atoms with Crippen molar-refractivity contribution in [2.24, 2.45) is 0 Å². The van der Waals surface area contributed by atoms with Gasteiger partial charge < -0.3 is 30.9 Å². The fraction of sp³-hybridized carbons (Fsp3) is 0.318. The van der Waals surface area contributed by atoms with Crippen LogP contribution in [0.5, 0.6) is 5.75 Å². The number of aromatic nitrogens is 4. The first-order chi connectivity index (χ1) is 28.8. The number of hydrogen-bond donors (Lipinski definition) is 5. The molecule has 0 aliphatic heterocycles. The van der Waals surface area contributed by atoms with Gasteiger partial charge in [-0.05, 0) is 74.9 Å². The number of pyridine rings is 4. The number of phenolic OH excluding ortho intramolecular Hbond substituents is 1. The monoisotopic (exact) mass is 817 g/mol. The van der Waals surface area contributed by atoms with Crippen molar-refractivity contribution < 1.29 is 34.1 Å². The Morgan fingerprint density at radius 1 is 0.650 bits per heavy atom. The van der Waals surface area contributed by atoms with Crippen molar-refractivity contribution in [1.82, 2.24) is 45.7 Å². The quantitative estimate of drug-likeness (QED) is 0.0749. The highest BCUT2D eigenvalue weighted by Gasteiger charge is 2.27. The van der Waals surface area contributed by atoms with Crippen LogP contribution in [0.15, 0.2) is 110 Å². The summed E-state index contributed by atoms with van der Waals surface area (Å²) < 4.78 is 5.49. The van der Waals surface area contributed by atoms with Crippen molar-refractivity contribution >= 4 is 23.9 Å².